The van der Waals surface area contributed by atoms with E-state index in [1.807, 2.05) is 72.8 Å². The zero-order valence-electron chi connectivity index (χ0n) is 13.2. The lowest BCUT2D eigenvalue weighted by Gasteiger charge is -2.10. The van der Waals surface area contributed by atoms with Crippen molar-refractivity contribution in [2.45, 2.75) is 6.04 Å². The fourth-order valence-corrected chi connectivity index (χ4v) is 2.60. The Morgan fingerprint density at radius 1 is 0.833 bits per heavy atom. The minimum Gasteiger partial charge on any atom is -0.368 e. The van der Waals surface area contributed by atoms with Crippen LogP contribution in [0.3, 0.4) is 0 Å². The van der Waals surface area contributed by atoms with Crippen molar-refractivity contribution >= 4 is 12.1 Å². The number of nitrogens with zero attached hydrogens (tertiary/aromatic N) is 1. The number of carbonyl (C=O) groups is 1. The third kappa shape index (κ3) is 3.58. The monoisotopic (exact) mass is 314 g/mol. The summed E-state index contributed by atoms with van der Waals surface area (Å²) in [4.78, 5) is 16.2. The Morgan fingerprint density at radius 2 is 1.42 bits per heavy atom. The highest BCUT2D eigenvalue weighted by Gasteiger charge is 2.15. The van der Waals surface area contributed by atoms with Crippen molar-refractivity contribution in [3.8, 4) is 11.1 Å². The van der Waals surface area contributed by atoms with E-state index >= 15 is 0 Å². The lowest BCUT2D eigenvalue weighted by Crippen LogP contribution is -2.20. The number of carbonyl (C=O) groups excluding carboxylic acids is 1. The van der Waals surface area contributed by atoms with Gasteiger partial charge < -0.3 is 5.73 Å². The van der Waals surface area contributed by atoms with Crippen molar-refractivity contribution < 1.29 is 4.79 Å². The van der Waals surface area contributed by atoms with Crippen molar-refractivity contribution in [1.29, 1.82) is 0 Å². The van der Waals surface area contributed by atoms with Gasteiger partial charge in [0.1, 0.15) is 0 Å². The standard InChI is InChI=1S/C21H18N2O/c22-21(24)20(17-11-5-2-6-12-17)23-15-18-13-7-8-14-19(18)16-9-3-1-4-10-16/h1-15,20H,(H2,22,24)/t20-/m0/s1. The lowest BCUT2D eigenvalue weighted by molar-refractivity contribution is -0.119. The summed E-state index contributed by atoms with van der Waals surface area (Å²) < 4.78 is 0. The van der Waals surface area contributed by atoms with E-state index in [0.717, 1.165) is 22.3 Å². The molecule has 0 saturated carbocycles. The molecule has 0 aromatic heterocycles. The Bertz CT molecular complexity index is 842. The van der Waals surface area contributed by atoms with Crippen molar-refractivity contribution in [1.82, 2.24) is 0 Å². The van der Waals surface area contributed by atoms with Gasteiger partial charge in [0.05, 0.1) is 0 Å². The van der Waals surface area contributed by atoms with Gasteiger partial charge in [-0.2, -0.15) is 0 Å². The number of aliphatic imine (C=N–C) groups is 1. The van der Waals surface area contributed by atoms with Gasteiger partial charge in [0.2, 0.25) is 5.91 Å². The topological polar surface area (TPSA) is 55.5 Å². The van der Waals surface area contributed by atoms with Gasteiger partial charge in [-0.05, 0) is 16.7 Å². The van der Waals surface area contributed by atoms with Crippen LogP contribution in [-0.2, 0) is 4.79 Å². The molecule has 1 amide bonds. The summed E-state index contributed by atoms with van der Waals surface area (Å²) in [5, 5.41) is 0. The highest BCUT2D eigenvalue weighted by atomic mass is 16.1. The van der Waals surface area contributed by atoms with Crippen LogP contribution in [-0.4, -0.2) is 12.1 Å². The van der Waals surface area contributed by atoms with Gasteiger partial charge in [0.25, 0.3) is 0 Å². The molecule has 0 radical (unpaired) electrons. The van der Waals surface area contributed by atoms with Gasteiger partial charge in [0, 0.05) is 11.8 Å². The SMILES string of the molecule is NC(=O)[C@@H](N=Cc1ccccc1-c1ccccc1)c1ccccc1. The number of benzene rings is 3. The van der Waals surface area contributed by atoms with Crippen LogP contribution in [0.25, 0.3) is 11.1 Å². The van der Waals surface area contributed by atoms with E-state index in [0.29, 0.717) is 0 Å². The molecule has 24 heavy (non-hydrogen) atoms. The molecule has 0 unspecified atom stereocenters. The summed E-state index contributed by atoms with van der Waals surface area (Å²) >= 11 is 0. The van der Waals surface area contributed by atoms with Gasteiger partial charge in [-0.15, -0.1) is 0 Å². The molecule has 0 bridgehead atoms. The van der Waals surface area contributed by atoms with Crippen LogP contribution in [0.15, 0.2) is 89.9 Å². The maximum absolute atomic E-state index is 11.8. The Balaban J connectivity index is 1.96. The maximum atomic E-state index is 11.8. The Kier molecular flexibility index (Phi) is 4.82. The summed E-state index contributed by atoms with van der Waals surface area (Å²) in [5.74, 6) is -0.463. The molecule has 3 aromatic carbocycles. The molecule has 0 spiro atoms. The van der Waals surface area contributed by atoms with Gasteiger partial charge in [0.15, 0.2) is 6.04 Å². The van der Waals surface area contributed by atoms with Crippen LogP contribution < -0.4 is 5.73 Å². The predicted molar refractivity (Wildman–Crippen MR) is 97.8 cm³/mol. The van der Waals surface area contributed by atoms with E-state index in [1.54, 1.807) is 6.21 Å². The number of nitrogens with two attached hydrogens (primary N) is 1. The molecule has 3 aromatic rings. The van der Waals surface area contributed by atoms with Crippen LogP contribution in [0.5, 0.6) is 0 Å². The minimum atomic E-state index is -0.685. The third-order valence-electron chi connectivity index (χ3n) is 3.79. The Labute approximate surface area is 141 Å². The second kappa shape index (κ2) is 7.38. The average Bonchev–Trinajstić information content (AvgIpc) is 2.64. The molecule has 0 aliphatic rings. The zero-order chi connectivity index (χ0) is 16.8. The minimum absolute atomic E-state index is 0.463. The fourth-order valence-electron chi connectivity index (χ4n) is 2.60. The molecular weight excluding hydrogens is 296 g/mol. The summed E-state index contributed by atoms with van der Waals surface area (Å²) in [6, 6.07) is 26.7. The van der Waals surface area contributed by atoms with E-state index in [9.17, 15) is 4.79 Å². The van der Waals surface area contributed by atoms with E-state index < -0.39 is 11.9 Å². The summed E-state index contributed by atoms with van der Waals surface area (Å²) in [5.41, 5.74) is 9.44. The molecule has 3 heteroatoms. The predicted octanol–water partition coefficient (Wildman–Crippen LogP) is 4.00. The smallest absolute Gasteiger partial charge is 0.246 e. The first-order valence-corrected chi connectivity index (χ1v) is 7.77. The fraction of sp³-hybridized carbons (Fsp3) is 0.0476. The van der Waals surface area contributed by atoms with Gasteiger partial charge in [-0.3, -0.25) is 9.79 Å². The first-order chi connectivity index (χ1) is 11.8. The van der Waals surface area contributed by atoms with E-state index in [4.69, 9.17) is 5.73 Å². The van der Waals surface area contributed by atoms with Crippen molar-refractivity contribution in [3.05, 3.63) is 96.1 Å². The Hall–Kier alpha value is -3.20. The highest BCUT2D eigenvalue weighted by molar-refractivity contribution is 5.92. The van der Waals surface area contributed by atoms with Crippen LogP contribution in [0.1, 0.15) is 17.2 Å². The molecule has 3 nitrogen and oxygen atoms in total. The zero-order valence-corrected chi connectivity index (χ0v) is 13.2. The average molecular weight is 314 g/mol. The Morgan fingerprint density at radius 3 is 2.08 bits per heavy atom. The summed E-state index contributed by atoms with van der Waals surface area (Å²) in [6.45, 7) is 0. The molecule has 0 fully saturated rings. The molecule has 3 rings (SSSR count). The molecular formula is C21H18N2O. The van der Waals surface area contributed by atoms with E-state index in [2.05, 4.69) is 17.1 Å². The largest absolute Gasteiger partial charge is 0.368 e. The van der Waals surface area contributed by atoms with Crippen molar-refractivity contribution in [2.75, 3.05) is 0 Å². The molecule has 0 aliphatic carbocycles. The third-order valence-corrected chi connectivity index (χ3v) is 3.79. The number of amides is 1. The summed E-state index contributed by atoms with van der Waals surface area (Å²) in [7, 11) is 0. The van der Waals surface area contributed by atoms with Gasteiger partial charge in [-0.1, -0.05) is 84.9 Å². The van der Waals surface area contributed by atoms with Gasteiger partial charge >= 0.3 is 0 Å². The molecule has 1 atom stereocenters. The van der Waals surface area contributed by atoms with Crippen LogP contribution in [0.2, 0.25) is 0 Å². The summed E-state index contributed by atoms with van der Waals surface area (Å²) in [6.07, 6.45) is 1.73. The normalized spacial score (nSPS) is 12.2. The quantitative estimate of drug-likeness (QED) is 0.711. The first kappa shape index (κ1) is 15.7. The second-order valence-corrected chi connectivity index (χ2v) is 5.45. The van der Waals surface area contributed by atoms with E-state index in [-0.39, 0.29) is 0 Å². The highest BCUT2D eigenvalue weighted by Crippen LogP contribution is 2.23. The van der Waals surface area contributed by atoms with Crippen molar-refractivity contribution in [2.24, 2.45) is 10.7 Å². The molecule has 118 valence electrons. The number of hydrogen-bond donors (Lipinski definition) is 1. The van der Waals surface area contributed by atoms with Gasteiger partial charge in [-0.25, -0.2) is 0 Å². The first-order valence-electron chi connectivity index (χ1n) is 7.77. The molecule has 0 heterocycles. The number of rotatable bonds is 5. The molecule has 2 N–H and O–H groups in total. The van der Waals surface area contributed by atoms with Crippen LogP contribution in [0.4, 0.5) is 0 Å². The lowest BCUT2D eigenvalue weighted by atomic mass is 10.0. The van der Waals surface area contributed by atoms with E-state index in [1.165, 1.54) is 0 Å². The number of hydrogen-bond acceptors (Lipinski definition) is 2. The maximum Gasteiger partial charge on any atom is 0.246 e. The second-order valence-electron chi connectivity index (χ2n) is 5.45. The van der Waals surface area contributed by atoms with Crippen LogP contribution in [0, 0.1) is 0 Å². The van der Waals surface area contributed by atoms with Crippen LogP contribution >= 0.6 is 0 Å². The molecule has 0 aliphatic heterocycles. The molecule has 0 saturated heterocycles. The number of primary amides is 1. The van der Waals surface area contributed by atoms with Crippen molar-refractivity contribution in [3.63, 3.8) is 0 Å².